The highest BCUT2D eigenvalue weighted by atomic mass is 32.2. The zero-order valence-corrected chi connectivity index (χ0v) is 27.8. The number of piperazine rings is 1. The molecule has 3 heterocycles. The number of hydrogen-bond donors (Lipinski definition) is 1. The average molecular weight is 609 g/mol. The van der Waals surface area contributed by atoms with Gasteiger partial charge in [0.25, 0.3) is 0 Å². The van der Waals surface area contributed by atoms with Gasteiger partial charge in [-0.2, -0.15) is 0 Å². The van der Waals surface area contributed by atoms with Crippen LogP contribution in [0.2, 0.25) is 0 Å². The number of carbonyl (C=O) groups is 3. The number of urea groups is 1. The third kappa shape index (κ3) is 11.2. The number of carbonyl (C=O) groups excluding carboxylic acids is 3. The fraction of sp³-hybridized carbons (Fsp3) is 0.455. The maximum absolute atomic E-state index is 12.7. The molecular weight excluding hydrogens is 560 g/mol. The minimum atomic E-state index is -0.133. The summed E-state index contributed by atoms with van der Waals surface area (Å²) in [7, 11) is 3.88. The number of nitrogens with one attached hydrogen (secondary N) is 1. The number of aromatic nitrogens is 1. The summed E-state index contributed by atoms with van der Waals surface area (Å²) in [6.07, 6.45) is 5.94. The molecule has 2 aliphatic rings. The number of rotatable bonds is 8. The van der Waals surface area contributed by atoms with E-state index >= 15 is 0 Å². The third-order valence-corrected chi connectivity index (χ3v) is 8.45. The molecule has 1 saturated heterocycles. The standard InChI is InChI=1S/C25H30N4O2S.C6H12N2O.C2H6/c1-6-29-15-20-13-19(14-26-24(20)27-25(29)31)11-12-23(30)28(5)16-22(17(2)3)32-21-10-8-7-9-18(21)4;1-7-2-4-8(6-9)5-3-7;1-2/h7-14H,6,15-16H2,1-5H3,(H,26,27,31);6H,2-5H2,1H3;1-2H3/b12-11+;;. The first-order chi connectivity index (χ1) is 20.6. The predicted octanol–water partition coefficient (Wildman–Crippen LogP) is 5.73. The number of likely N-dealkylation sites (N-methyl/N-ethyl adjacent to an activating group) is 2. The summed E-state index contributed by atoms with van der Waals surface area (Å²) >= 11 is 1.71. The molecule has 9 nitrogen and oxygen atoms in total. The highest BCUT2D eigenvalue weighted by Crippen LogP contribution is 2.31. The lowest BCUT2D eigenvalue weighted by Crippen LogP contribution is -2.43. The quantitative estimate of drug-likeness (QED) is 0.234. The van der Waals surface area contributed by atoms with E-state index < -0.39 is 0 Å². The molecule has 0 atom stereocenters. The molecule has 0 bridgehead atoms. The van der Waals surface area contributed by atoms with Crippen LogP contribution in [0.1, 0.15) is 51.3 Å². The molecule has 1 aromatic carbocycles. The number of aryl methyl sites for hydroxylation is 1. The monoisotopic (exact) mass is 608 g/mol. The normalized spacial score (nSPS) is 14.5. The Balaban J connectivity index is 0.000000496. The summed E-state index contributed by atoms with van der Waals surface area (Å²) in [4.78, 5) is 49.0. The largest absolute Gasteiger partial charge is 0.343 e. The lowest BCUT2D eigenvalue weighted by molar-refractivity contribution is -0.124. The van der Waals surface area contributed by atoms with Crippen molar-refractivity contribution in [2.24, 2.45) is 0 Å². The van der Waals surface area contributed by atoms with Crippen molar-refractivity contribution in [1.82, 2.24) is 24.6 Å². The molecule has 1 aromatic heterocycles. The molecule has 1 fully saturated rings. The molecule has 0 spiro atoms. The van der Waals surface area contributed by atoms with Crippen molar-refractivity contribution in [3.05, 3.63) is 69.8 Å². The fourth-order valence-electron chi connectivity index (χ4n) is 4.18. The molecule has 4 amide bonds. The van der Waals surface area contributed by atoms with Crippen molar-refractivity contribution < 1.29 is 14.4 Å². The van der Waals surface area contributed by atoms with E-state index in [0.29, 0.717) is 25.5 Å². The van der Waals surface area contributed by atoms with Crippen LogP contribution in [0, 0.1) is 6.92 Å². The molecule has 43 heavy (non-hydrogen) atoms. The van der Waals surface area contributed by atoms with E-state index in [1.165, 1.54) is 16.0 Å². The van der Waals surface area contributed by atoms with Gasteiger partial charge in [-0.1, -0.05) is 49.4 Å². The minimum absolute atomic E-state index is 0.0738. The number of pyridine rings is 1. The van der Waals surface area contributed by atoms with Crippen molar-refractivity contribution in [1.29, 1.82) is 0 Å². The Hall–Kier alpha value is -3.63. The zero-order chi connectivity index (χ0) is 31.9. The van der Waals surface area contributed by atoms with Gasteiger partial charge in [-0.25, -0.2) is 9.78 Å². The van der Waals surface area contributed by atoms with Gasteiger partial charge in [-0.3, -0.25) is 14.9 Å². The minimum Gasteiger partial charge on any atom is -0.343 e. The van der Waals surface area contributed by atoms with Crippen molar-refractivity contribution in [3.63, 3.8) is 0 Å². The van der Waals surface area contributed by atoms with Gasteiger partial charge in [0.2, 0.25) is 12.3 Å². The van der Waals surface area contributed by atoms with Crippen LogP contribution in [0.4, 0.5) is 10.6 Å². The van der Waals surface area contributed by atoms with E-state index in [1.807, 2.05) is 46.0 Å². The Morgan fingerprint density at radius 2 is 1.81 bits per heavy atom. The third-order valence-electron chi connectivity index (χ3n) is 6.99. The molecule has 4 rings (SSSR count). The summed E-state index contributed by atoms with van der Waals surface area (Å²) in [5, 5.41) is 2.80. The topological polar surface area (TPSA) is 89.1 Å². The fourth-order valence-corrected chi connectivity index (χ4v) is 5.28. The summed E-state index contributed by atoms with van der Waals surface area (Å²) in [6.45, 7) is 17.7. The lowest BCUT2D eigenvalue weighted by Gasteiger charge is -2.29. The molecule has 0 aliphatic carbocycles. The maximum atomic E-state index is 12.7. The Bertz CT molecular complexity index is 1280. The first-order valence-electron chi connectivity index (χ1n) is 14.9. The van der Waals surface area contributed by atoms with Gasteiger partial charge in [-0.05, 0) is 64.1 Å². The number of anilines is 1. The maximum Gasteiger partial charge on any atom is 0.323 e. The zero-order valence-electron chi connectivity index (χ0n) is 27.0. The molecule has 2 aliphatic heterocycles. The van der Waals surface area contributed by atoms with Crippen LogP contribution in [0.5, 0.6) is 0 Å². The molecule has 1 N–H and O–H groups in total. The number of nitrogens with zero attached hydrogens (tertiary/aromatic N) is 5. The van der Waals surface area contributed by atoms with Gasteiger partial charge in [0, 0.05) is 67.4 Å². The molecule has 10 heteroatoms. The van der Waals surface area contributed by atoms with Crippen molar-refractivity contribution >= 4 is 42.0 Å². The number of amides is 4. The van der Waals surface area contributed by atoms with Crippen LogP contribution >= 0.6 is 11.8 Å². The first kappa shape index (κ1) is 35.6. The second kappa shape index (κ2) is 18.1. The first-order valence-corrected chi connectivity index (χ1v) is 15.7. The lowest BCUT2D eigenvalue weighted by atomic mass is 10.1. The number of allylic oxidation sites excluding steroid dienone is 1. The summed E-state index contributed by atoms with van der Waals surface area (Å²) < 4.78 is 0. The van der Waals surface area contributed by atoms with E-state index in [2.05, 4.69) is 55.2 Å². The molecule has 0 unspecified atom stereocenters. The van der Waals surface area contributed by atoms with E-state index in [9.17, 15) is 14.4 Å². The predicted molar refractivity (Wildman–Crippen MR) is 178 cm³/mol. The highest BCUT2D eigenvalue weighted by Gasteiger charge is 2.22. The van der Waals surface area contributed by atoms with Crippen LogP contribution in [0.25, 0.3) is 6.08 Å². The summed E-state index contributed by atoms with van der Waals surface area (Å²) in [6, 6.07) is 10.1. The number of fused-ring (bicyclic) bond motifs is 1. The van der Waals surface area contributed by atoms with Gasteiger partial charge >= 0.3 is 6.03 Å². The smallest absolute Gasteiger partial charge is 0.323 e. The highest BCUT2D eigenvalue weighted by molar-refractivity contribution is 8.03. The SMILES string of the molecule is CC.CCN1Cc2cc(/C=C/C(=O)N(C)CC(Sc3ccccc3C)=C(C)C)cnc2NC1=O.CN1CCN(C=O)CC1. The van der Waals surface area contributed by atoms with Gasteiger partial charge < -0.3 is 19.6 Å². The Labute approximate surface area is 262 Å². The van der Waals surface area contributed by atoms with Crippen molar-refractivity contribution in [2.75, 3.05) is 58.7 Å². The average Bonchev–Trinajstić information content (AvgIpc) is 3.01. The number of benzene rings is 1. The van der Waals surface area contributed by atoms with Crippen LogP contribution in [-0.4, -0.2) is 96.3 Å². The molecular formula is C33H48N6O3S. The molecule has 0 radical (unpaired) electrons. The van der Waals surface area contributed by atoms with Crippen LogP contribution in [0.3, 0.4) is 0 Å². The van der Waals surface area contributed by atoms with Gasteiger partial charge in [-0.15, -0.1) is 0 Å². The van der Waals surface area contributed by atoms with Crippen LogP contribution in [-0.2, 0) is 16.1 Å². The molecule has 0 saturated carbocycles. The summed E-state index contributed by atoms with van der Waals surface area (Å²) in [5.41, 5.74) is 4.19. The second-order valence-corrected chi connectivity index (χ2v) is 11.6. The van der Waals surface area contributed by atoms with Crippen molar-refractivity contribution in [2.45, 2.75) is 53.0 Å². The van der Waals surface area contributed by atoms with E-state index in [-0.39, 0.29) is 11.9 Å². The number of hydrogen-bond acceptors (Lipinski definition) is 6. The van der Waals surface area contributed by atoms with E-state index in [4.69, 9.17) is 0 Å². The van der Waals surface area contributed by atoms with E-state index in [1.54, 1.807) is 44.8 Å². The van der Waals surface area contributed by atoms with Crippen molar-refractivity contribution in [3.8, 4) is 0 Å². The van der Waals surface area contributed by atoms with E-state index in [0.717, 1.165) is 48.6 Å². The Morgan fingerprint density at radius 3 is 2.42 bits per heavy atom. The molecule has 2 aromatic rings. The van der Waals surface area contributed by atoms with Gasteiger partial charge in [0.1, 0.15) is 5.82 Å². The summed E-state index contributed by atoms with van der Waals surface area (Å²) in [5.74, 6) is 0.511. The van der Waals surface area contributed by atoms with Crippen LogP contribution in [0.15, 0.2) is 58.0 Å². The Kier molecular flexibility index (Phi) is 15.0. The van der Waals surface area contributed by atoms with Crippen LogP contribution < -0.4 is 5.32 Å². The Morgan fingerprint density at radius 1 is 1.14 bits per heavy atom. The van der Waals surface area contributed by atoms with Gasteiger partial charge in [0.05, 0.1) is 13.1 Å². The number of thioether (sulfide) groups is 1. The molecule has 234 valence electrons. The second-order valence-electron chi connectivity index (χ2n) is 10.5. The van der Waals surface area contributed by atoms with Gasteiger partial charge in [0.15, 0.2) is 0 Å².